The Bertz CT molecular complexity index is 658. The molecule has 0 aromatic heterocycles. The second-order valence-corrected chi connectivity index (χ2v) is 6.79. The van der Waals surface area contributed by atoms with E-state index in [1.807, 2.05) is 0 Å². The maximum Gasteiger partial charge on any atom is 0.333 e. The third kappa shape index (κ3) is 4.42. The molecule has 2 aliphatic rings. The summed E-state index contributed by atoms with van der Waals surface area (Å²) in [5.74, 6) is -0.603. The van der Waals surface area contributed by atoms with Gasteiger partial charge >= 0.3 is 6.03 Å². The highest BCUT2D eigenvalue weighted by Crippen LogP contribution is 2.20. The largest absolute Gasteiger partial charge is 0.334 e. The van der Waals surface area contributed by atoms with E-state index in [2.05, 4.69) is 10.7 Å². The molecule has 1 saturated heterocycles. The van der Waals surface area contributed by atoms with Crippen LogP contribution in [0.15, 0.2) is 24.3 Å². The van der Waals surface area contributed by atoms with Gasteiger partial charge in [-0.3, -0.25) is 9.59 Å². The molecule has 0 spiro atoms. The lowest BCUT2D eigenvalue weighted by atomic mass is 9.96. The van der Waals surface area contributed by atoms with Crippen molar-refractivity contribution in [2.24, 2.45) is 0 Å². The Morgan fingerprint density at radius 3 is 2.36 bits per heavy atom. The number of anilines is 1. The lowest BCUT2D eigenvalue weighted by Gasteiger charge is -2.34. The van der Waals surface area contributed by atoms with Crippen LogP contribution in [0.25, 0.3) is 0 Å². The van der Waals surface area contributed by atoms with Gasteiger partial charge in [0.1, 0.15) is 13.1 Å². The van der Waals surface area contributed by atoms with E-state index in [0.29, 0.717) is 10.7 Å². The molecule has 8 heteroatoms. The molecule has 1 heterocycles. The van der Waals surface area contributed by atoms with E-state index >= 15 is 0 Å². The summed E-state index contributed by atoms with van der Waals surface area (Å²) in [7, 11) is 0. The molecule has 1 saturated carbocycles. The number of hydrogen-bond acceptors (Lipinski definition) is 3. The van der Waals surface area contributed by atoms with Crippen molar-refractivity contribution in [1.82, 2.24) is 15.8 Å². The van der Waals surface area contributed by atoms with Gasteiger partial charge < -0.3 is 10.2 Å². The number of piperazine rings is 1. The second-order valence-electron chi connectivity index (χ2n) is 6.36. The lowest BCUT2D eigenvalue weighted by Crippen LogP contribution is -2.61. The van der Waals surface area contributed by atoms with Gasteiger partial charge in [0.05, 0.1) is 0 Å². The van der Waals surface area contributed by atoms with Crippen LogP contribution in [0.3, 0.4) is 0 Å². The summed E-state index contributed by atoms with van der Waals surface area (Å²) in [5, 5.41) is 4.50. The van der Waals surface area contributed by atoms with E-state index in [-0.39, 0.29) is 30.9 Å². The van der Waals surface area contributed by atoms with Gasteiger partial charge in [0.2, 0.25) is 5.91 Å². The number of hydrazine groups is 1. The summed E-state index contributed by atoms with van der Waals surface area (Å²) in [5.41, 5.74) is 3.10. The number of rotatable bonds is 3. The van der Waals surface area contributed by atoms with Gasteiger partial charge in [-0.1, -0.05) is 30.9 Å². The number of amides is 4. The SMILES string of the molecule is O=C(NC1CCCCC1)NN1CC(=O)N(c2ccc(Cl)cc2)CC1=O. The topological polar surface area (TPSA) is 81.8 Å². The first-order valence-electron chi connectivity index (χ1n) is 8.46. The molecule has 0 unspecified atom stereocenters. The Balaban J connectivity index is 1.56. The minimum absolute atomic E-state index is 0.121. The van der Waals surface area contributed by atoms with Crippen LogP contribution in [0, 0.1) is 0 Å². The predicted octanol–water partition coefficient (Wildman–Crippen LogP) is 2.06. The van der Waals surface area contributed by atoms with Crippen molar-refractivity contribution in [1.29, 1.82) is 0 Å². The molecular formula is C17H21ClN4O3. The molecule has 4 amide bonds. The average Bonchev–Trinajstić information content (AvgIpc) is 2.59. The van der Waals surface area contributed by atoms with E-state index < -0.39 is 6.03 Å². The van der Waals surface area contributed by atoms with Gasteiger partial charge in [-0.15, -0.1) is 0 Å². The van der Waals surface area contributed by atoms with Gasteiger partial charge in [-0.2, -0.15) is 0 Å². The van der Waals surface area contributed by atoms with Gasteiger partial charge in [0.15, 0.2) is 0 Å². The number of carbonyl (C=O) groups is 3. The number of carbonyl (C=O) groups excluding carboxylic acids is 3. The molecular weight excluding hydrogens is 344 g/mol. The number of nitrogens with one attached hydrogen (secondary N) is 2. The smallest absolute Gasteiger partial charge is 0.333 e. The standard InChI is InChI=1S/C17H21ClN4O3/c18-12-6-8-14(9-7-12)21-10-16(24)22(11-15(21)23)20-17(25)19-13-4-2-1-3-5-13/h6-9,13H,1-5,10-11H2,(H2,19,20,25). The first-order valence-corrected chi connectivity index (χ1v) is 8.84. The summed E-state index contributed by atoms with van der Waals surface area (Å²) in [4.78, 5) is 38.1. The molecule has 1 aliphatic heterocycles. The molecule has 1 aromatic rings. The maximum atomic E-state index is 12.3. The van der Waals surface area contributed by atoms with Crippen LogP contribution in [0.2, 0.25) is 5.02 Å². The van der Waals surface area contributed by atoms with Crippen LogP contribution in [0.1, 0.15) is 32.1 Å². The molecule has 0 radical (unpaired) electrons. The molecule has 2 N–H and O–H groups in total. The van der Waals surface area contributed by atoms with E-state index in [9.17, 15) is 14.4 Å². The number of benzene rings is 1. The summed E-state index contributed by atoms with van der Waals surface area (Å²) >= 11 is 5.84. The maximum absolute atomic E-state index is 12.3. The molecule has 0 bridgehead atoms. The van der Waals surface area contributed by atoms with Crippen LogP contribution >= 0.6 is 11.6 Å². The average molecular weight is 365 g/mol. The minimum Gasteiger partial charge on any atom is -0.334 e. The van der Waals surface area contributed by atoms with Crippen LogP contribution < -0.4 is 15.6 Å². The van der Waals surface area contributed by atoms with E-state index in [4.69, 9.17) is 11.6 Å². The predicted molar refractivity (Wildman–Crippen MR) is 94.1 cm³/mol. The summed E-state index contributed by atoms with van der Waals surface area (Å²) in [6.07, 6.45) is 5.29. The minimum atomic E-state index is -0.437. The van der Waals surface area contributed by atoms with E-state index in [1.165, 1.54) is 11.3 Å². The zero-order valence-electron chi connectivity index (χ0n) is 13.8. The van der Waals surface area contributed by atoms with Crippen LogP contribution in [0.4, 0.5) is 10.5 Å². The number of nitrogens with zero attached hydrogens (tertiary/aromatic N) is 2. The normalized spacial score (nSPS) is 19.1. The van der Waals surface area contributed by atoms with Crippen molar-refractivity contribution in [2.75, 3.05) is 18.0 Å². The third-order valence-corrected chi connectivity index (χ3v) is 4.76. The van der Waals surface area contributed by atoms with Crippen LogP contribution in [-0.4, -0.2) is 42.0 Å². The lowest BCUT2D eigenvalue weighted by molar-refractivity contribution is -0.140. The second kappa shape index (κ2) is 7.74. The fourth-order valence-corrected chi connectivity index (χ4v) is 3.29. The van der Waals surface area contributed by atoms with Gasteiger partial charge in [0, 0.05) is 16.8 Å². The molecule has 134 valence electrons. The Kier molecular flexibility index (Phi) is 5.43. The van der Waals surface area contributed by atoms with Crippen molar-refractivity contribution >= 4 is 35.1 Å². The van der Waals surface area contributed by atoms with Crippen molar-refractivity contribution in [3.8, 4) is 0 Å². The molecule has 3 rings (SSSR count). The van der Waals surface area contributed by atoms with E-state index in [0.717, 1.165) is 30.7 Å². The first-order chi connectivity index (χ1) is 12.0. The Hall–Kier alpha value is -2.28. The fraction of sp³-hybridized carbons (Fsp3) is 0.471. The highest BCUT2D eigenvalue weighted by atomic mass is 35.5. The Morgan fingerprint density at radius 1 is 1.00 bits per heavy atom. The molecule has 7 nitrogen and oxygen atoms in total. The van der Waals surface area contributed by atoms with Gasteiger partial charge in [0.25, 0.3) is 5.91 Å². The van der Waals surface area contributed by atoms with E-state index in [1.54, 1.807) is 24.3 Å². The van der Waals surface area contributed by atoms with Gasteiger partial charge in [-0.25, -0.2) is 15.2 Å². The van der Waals surface area contributed by atoms with Crippen molar-refractivity contribution in [3.05, 3.63) is 29.3 Å². The molecule has 1 aromatic carbocycles. The summed E-state index contributed by atoms with van der Waals surface area (Å²) < 4.78 is 0. The van der Waals surface area contributed by atoms with Crippen molar-refractivity contribution < 1.29 is 14.4 Å². The number of hydrogen-bond donors (Lipinski definition) is 2. The van der Waals surface area contributed by atoms with Crippen molar-refractivity contribution in [2.45, 2.75) is 38.1 Å². The molecule has 1 aliphatic carbocycles. The van der Waals surface area contributed by atoms with Crippen molar-refractivity contribution in [3.63, 3.8) is 0 Å². The summed E-state index contributed by atoms with van der Waals surface area (Å²) in [6.45, 7) is -0.316. The fourth-order valence-electron chi connectivity index (χ4n) is 3.16. The number of urea groups is 1. The quantitative estimate of drug-likeness (QED) is 0.861. The van der Waals surface area contributed by atoms with Gasteiger partial charge in [-0.05, 0) is 37.1 Å². The number of halogens is 1. The zero-order valence-corrected chi connectivity index (χ0v) is 14.6. The van der Waals surface area contributed by atoms with Crippen LogP contribution in [-0.2, 0) is 9.59 Å². The first kappa shape index (κ1) is 17.5. The molecule has 25 heavy (non-hydrogen) atoms. The molecule has 0 atom stereocenters. The Morgan fingerprint density at radius 2 is 1.68 bits per heavy atom. The molecule has 2 fully saturated rings. The highest BCUT2D eigenvalue weighted by molar-refractivity contribution is 6.30. The monoisotopic (exact) mass is 364 g/mol. The van der Waals surface area contributed by atoms with Crippen LogP contribution in [0.5, 0.6) is 0 Å². The zero-order chi connectivity index (χ0) is 17.8. The summed E-state index contributed by atoms with van der Waals surface area (Å²) in [6, 6.07) is 6.40. The third-order valence-electron chi connectivity index (χ3n) is 4.50. The Labute approximate surface area is 151 Å². The highest BCUT2D eigenvalue weighted by Gasteiger charge is 2.32.